The van der Waals surface area contributed by atoms with Gasteiger partial charge in [-0.25, -0.2) is 9.18 Å². The molecule has 0 N–H and O–H groups in total. The fraction of sp³-hybridized carbons (Fsp3) is 0.632. The van der Waals surface area contributed by atoms with E-state index in [2.05, 4.69) is 6.92 Å². The second-order valence-corrected chi connectivity index (χ2v) is 5.74. The average molecular weight is 340 g/mol. The van der Waals surface area contributed by atoms with Gasteiger partial charge in [0, 0.05) is 13.7 Å². The maximum Gasteiger partial charge on any atom is 0.338 e. The largest absolute Gasteiger partial charge is 0.491 e. The van der Waals surface area contributed by atoms with E-state index in [9.17, 15) is 9.18 Å². The maximum atomic E-state index is 13.9. The van der Waals surface area contributed by atoms with Gasteiger partial charge >= 0.3 is 5.97 Å². The quantitative estimate of drug-likeness (QED) is 0.384. The maximum absolute atomic E-state index is 13.9. The summed E-state index contributed by atoms with van der Waals surface area (Å²) in [7, 11) is 1.68. The lowest BCUT2D eigenvalue weighted by Crippen LogP contribution is -2.07. The van der Waals surface area contributed by atoms with Crippen LogP contribution in [0.2, 0.25) is 0 Å². The first-order chi connectivity index (χ1) is 11.7. The van der Waals surface area contributed by atoms with Crippen LogP contribution in [0.25, 0.3) is 0 Å². The number of hydrogen-bond acceptors (Lipinski definition) is 4. The Morgan fingerprint density at radius 2 is 1.71 bits per heavy atom. The summed E-state index contributed by atoms with van der Waals surface area (Å²) in [5, 5.41) is 0. The van der Waals surface area contributed by atoms with Crippen molar-refractivity contribution in [2.45, 2.75) is 51.9 Å². The van der Waals surface area contributed by atoms with E-state index in [-0.39, 0.29) is 11.3 Å². The van der Waals surface area contributed by atoms with E-state index in [0.29, 0.717) is 13.2 Å². The highest BCUT2D eigenvalue weighted by molar-refractivity contribution is 5.89. The van der Waals surface area contributed by atoms with Crippen LogP contribution in [0.3, 0.4) is 0 Å². The third-order valence-corrected chi connectivity index (χ3v) is 3.65. The van der Waals surface area contributed by atoms with E-state index in [4.69, 9.17) is 14.2 Å². The highest BCUT2D eigenvalue weighted by Gasteiger charge is 2.11. The van der Waals surface area contributed by atoms with Crippen LogP contribution in [-0.2, 0) is 9.47 Å². The van der Waals surface area contributed by atoms with Crippen molar-refractivity contribution in [1.29, 1.82) is 0 Å². The van der Waals surface area contributed by atoms with E-state index in [0.717, 1.165) is 51.6 Å². The van der Waals surface area contributed by atoms with E-state index in [1.54, 1.807) is 13.2 Å². The summed E-state index contributed by atoms with van der Waals surface area (Å²) in [6, 6.07) is 4.21. The van der Waals surface area contributed by atoms with E-state index < -0.39 is 11.8 Å². The lowest BCUT2D eigenvalue weighted by molar-refractivity contribution is 0.0496. The molecule has 0 aromatic heterocycles. The lowest BCUT2D eigenvalue weighted by atomic mass is 10.2. The monoisotopic (exact) mass is 340 g/mol. The Morgan fingerprint density at radius 3 is 2.38 bits per heavy atom. The number of carbonyl (C=O) groups excluding carboxylic acids is 1. The molecule has 0 unspecified atom stereocenters. The Kier molecular flexibility index (Phi) is 10.9. The smallest absolute Gasteiger partial charge is 0.338 e. The highest BCUT2D eigenvalue weighted by atomic mass is 19.1. The number of rotatable bonds is 13. The highest BCUT2D eigenvalue weighted by Crippen LogP contribution is 2.19. The van der Waals surface area contributed by atoms with Gasteiger partial charge in [-0.3, -0.25) is 0 Å². The molecule has 0 radical (unpaired) electrons. The zero-order valence-electron chi connectivity index (χ0n) is 14.8. The van der Waals surface area contributed by atoms with Crippen LogP contribution in [0.15, 0.2) is 18.2 Å². The number of halogens is 1. The molecule has 1 aromatic rings. The number of hydrogen-bond donors (Lipinski definition) is 0. The summed E-state index contributed by atoms with van der Waals surface area (Å²) >= 11 is 0. The fourth-order valence-corrected chi connectivity index (χ4v) is 2.23. The van der Waals surface area contributed by atoms with Gasteiger partial charge in [0.1, 0.15) is 0 Å². The van der Waals surface area contributed by atoms with Crippen molar-refractivity contribution in [3.8, 4) is 5.75 Å². The molecule has 0 aliphatic carbocycles. The molecule has 0 fully saturated rings. The predicted octanol–water partition coefficient (Wildman–Crippen LogP) is 4.76. The minimum atomic E-state index is -0.527. The predicted molar refractivity (Wildman–Crippen MR) is 92.0 cm³/mol. The van der Waals surface area contributed by atoms with Gasteiger partial charge in [-0.1, -0.05) is 26.2 Å². The second-order valence-electron chi connectivity index (χ2n) is 5.74. The summed E-state index contributed by atoms with van der Waals surface area (Å²) < 4.78 is 29.5. The molecule has 0 saturated carbocycles. The number of ether oxygens (including phenoxy) is 3. The Hall–Kier alpha value is -1.62. The zero-order chi connectivity index (χ0) is 17.6. The van der Waals surface area contributed by atoms with Crippen molar-refractivity contribution in [3.05, 3.63) is 29.6 Å². The molecule has 0 atom stereocenters. The Balaban J connectivity index is 2.30. The van der Waals surface area contributed by atoms with Crippen LogP contribution in [-0.4, -0.2) is 32.9 Å². The molecular formula is C19H29FO4. The standard InChI is InChI=1S/C19H29FO4/c1-3-4-7-13-23-18-11-10-16(15-17(18)20)19(21)24-14-9-6-5-8-12-22-2/h10-11,15H,3-9,12-14H2,1-2H3. The topological polar surface area (TPSA) is 44.8 Å². The molecule has 1 aromatic carbocycles. The summed E-state index contributed by atoms with van der Waals surface area (Å²) in [4.78, 5) is 11.9. The van der Waals surface area contributed by atoms with Crippen LogP contribution < -0.4 is 4.74 Å². The first-order valence-electron chi connectivity index (χ1n) is 8.77. The second kappa shape index (κ2) is 12.8. The van der Waals surface area contributed by atoms with Crippen molar-refractivity contribution in [2.24, 2.45) is 0 Å². The van der Waals surface area contributed by atoms with Gasteiger partial charge in [0.25, 0.3) is 0 Å². The third-order valence-electron chi connectivity index (χ3n) is 3.65. The average Bonchev–Trinajstić information content (AvgIpc) is 2.58. The Morgan fingerprint density at radius 1 is 1.00 bits per heavy atom. The normalized spacial score (nSPS) is 10.6. The van der Waals surface area contributed by atoms with Crippen molar-refractivity contribution in [3.63, 3.8) is 0 Å². The van der Waals surface area contributed by atoms with Crippen molar-refractivity contribution >= 4 is 5.97 Å². The number of unbranched alkanes of at least 4 members (excludes halogenated alkanes) is 5. The fourth-order valence-electron chi connectivity index (χ4n) is 2.23. The molecule has 5 heteroatoms. The van der Waals surface area contributed by atoms with Crippen LogP contribution in [0.1, 0.15) is 62.2 Å². The van der Waals surface area contributed by atoms with Crippen LogP contribution in [0.5, 0.6) is 5.75 Å². The van der Waals surface area contributed by atoms with Crippen LogP contribution in [0, 0.1) is 5.82 Å². The summed E-state index contributed by atoms with van der Waals surface area (Å²) in [5.41, 5.74) is 0.216. The number of benzene rings is 1. The Bertz CT molecular complexity index is 476. The SMILES string of the molecule is CCCCCOc1ccc(C(=O)OCCCCCCOC)cc1F. The Labute approximate surface area is 144 Å². The first-order valence-corrected chi connectivity index (χ1v) is 8.77. The summed E-state index contributed by atoms with van der Waals surface area (Å²) in [6.07, 6.45) is 6.87. The molecule has 0 amide bonds. The van der Waals surface area contributed by atoms with Crippen LogP contribution >= 0.6 is 0 Å². The summed E-state index contributed by atoms with van der Waals surface area (Å²) in [5.74, 6) is -0.843. The molecule has 136 valence electrons. The lowest BCUT2D eigenvalue weighted by Gasteiger charge is -2.09. The molecule has 1 rings (SSSR count). The number of esters is 1. The van der Waals surface area contributed by atoms with Crippen molar-refractivity contribution < 1.29 is 23.4 Å². The number of methoxy groups -OCH3 is 1. The van der Waals surface area contributed by atoms with Gasteiger partial charge in [0.05, 0.1) is 18.8 Å². The van der Waals surface area contributed by atoms with Crippen molar-refractivity contribution in [2.75, 3.05) is 26.9 Å². The van der Waals surface area contributed by atoms with Gasteiger partial charge in [-0.15, -0.1) is 0 Å². The van der Waals surface area contributed by atoms with Gasteiger partial charge in [-0.05, 0) is 43.9 Å². The minimum absolute atomic E-state index is 0.181. The van der Waals surface area contributed by atoms with Gasteiger partial charge in [0.15, 0.2) is 11.6 Å². The molecular weight excluding hydrogens is 311 g/mol. The van der Waals surface area contributed by atoms with E-state index in [1.807, 2.05) is 0 Å². The molecule has 0 heterocycles. The molecule has 0 aliphatic heterocycles. The van der Waals surface area contributed by atoms with Gasteiger partial charge < -0.3 is 14.2 Å². The molecule has 0 aliphatic rings. The molecule has 0 spiro atoms. The van der Waals surface area contributed by atoms with Crippen LogP contribution in [0.4, 0.5) is 4.39 Å². The zero-order valence-corrected chi connectivity index (χ0v) is 14.8. The van der Waals surface area contributed by atoms with E-state index in [1.165, 1.54) is 12.1 Å². The van der Waals surface area contributed by atoms with Gasteiger partial charge in [0.2, 0.25) is 0 Å². The van der Waals surface area contributed by atoms with E-state index >= 15 is 0 Å². The van der Waals surface area contributed by atoms with Crippen molar-refractivity contribution in [1.82, 2.24) is 0 Å². The third kappa shape index (κ3) is 8.29. The number of carbonyl (C=O) groups is 1. The minimum Gasteiger partial charge on any atom is -0.491 e. The van der Waals surface area contributed by atoms with Gasteiger partial charge in [-0.2, -0.15) is 0 Å². The molecule has 0 bridgehead atoms. The molecule has 24 heavy (non-hydrogen) atoms. The molecule has 0 saturated heterocycles. The first kappa shape index (κ1) is 20.4. The summed E-state index contributed by atoms with van der Waals surface area (Å²) in [6.45, 7) is 3.69. The molecule has 4 nitrogen and oxygen atoms in total.